The summed E-state index contributed by atoms with van der Waals surface area (Å²) in [5.74, 6) is -1.85. The van der Waals surface area contributed by atoms with E-state index in [1.54, 1.807) is 13.8 Å². The Balaban J connectivity index is 0.00000400. The van der Waals surface area contributed by atoms with Crippen molar-refractivity contribution in [2.75, 3.05) is 6.61 Å². The van der Waals surface area contributed by atoms with Crippen LogP contribution in [0.25, 0.3) is 0 Å². The first-order valence-electron chi connectivity index (χ1n) is 6.05. The molecule has 0 aliphatic heterocycles. The summed E-state index contributed by atoms with van der Waals surface area (Å²) in [6, 6.07) is 4.41. The van der Waals surface area contributed by atoms with Crippen molar-refractivity contribution in [3.8, 4) is 5.75 Å². The molecule has 0 heterocycles. The molecule has 0 saturated heterocycles. The number of carboxylic acid groups (broad SMARTS) is 1. The first kappa shape index (κ1) is 20.1. The van der Waals surface area contributed by atoms with E-state index < -0.39 is 18.0 Å². The molecule has 1 atom stereocenters. The van der Waals surface area contributed by atoms with Crippen LogP contribution in [0.4, 0.5) is 0 Å². The Bertz CT molecular complexity index is 513. The maximum Gasteiger partial charge on any atom is 1.00 e. The number of aliphatic carboxylic acids is 1. The second kappa shape index (κ2) is 9.96. The van der Waals surface area contributed by atoms with Gasteiger partial charge in [0.25, 0.3) is 0 Å². The number of benzene rings is 1. The summed E-state index contributed by atoms with van der Waals surface area (Å²) in [5, 5.41) is 22.9. The second-order valence-corrected chi connectivity index (χ2v) is 4.06. The Kier molecular flexibility index (Phi) is 9.55. The molecule has 0 amide bonds. The number of hydrogen-bond donors (Lipinski definition) is 2. The maximum atomic E-state index is 11.3. The van der Waals surface area contributed by atoms with Crippen LogP contribution < -0.4 is 61.8 Å². The molecule has 0 spiro atoms. The molecule has 108 valence electrons. The zero-order valence-corrected chi connectivity index (χ0v) is 15.4. The van der Waals surface area contributed by atoms with Crippen molar-refractivity contribution in [1.82, 2.24) is 5.32 Å². The van der Waals surface area contributed by atoms with Crippen LogP contribution in [0.1, 0.15) is 25.5 Å². The molecule has 0 aliphatic rings. The van der Waals surface area contributed by atoms with E-state index in [9.17, 15) is 19.8 Å². The molecule has 21 heavy (non-hydrogen) atoms. The van der Waals surface area contributed by atoms with Crippen LogP contribution in [-0.2, 0) is 14.3 Å². The normalized spacial score (nSPS) is 12.0. The Hall–Kier alpha value is -0.864. The summed E-state index contributed by atoms with van der Waals surface area (Å²) < 4.78 is 4.73. The number of carbonyl (C=O) groups is 2. The maximum absolute atomic E-state index is 11.3. The third kappa shape index (κ3) is 7.10. The predicted octanol–water partition coefficient (Wildman–Crippen LogP) is -2.05. The van der Waals surface area contributed by atoms with Crippen LogP contribution in [0.5, 0.6) is 5.75 Å². The third-order valence-electron chi connectivity index (χ3n) is 2.45. The van der Waals surface area contributed by atoms with Gasteiger partial charge >= 0.3 is 63.3 Å². The SMILES string of the molecule is CCOC(=O)/C=C(/C)N[C@@H](C(=O)O)c1ccc([O-])cc1.[K+]. The number of nitrogens with one attached hydrogen (secondary N) is 1. The van der Waals surface area contributed by atoms with Crippen LogP contribution in [0, 0.1) is 0 Å². The zero-order valence-electron chi connectivity index (χ0n) is 12.3. The van der Waals surface area contributed by atoms with Crippen molar-refractivity contribution in [3.63, 3.8) is 0 Å². The summed E-state index contributed by atoms with van der Waals surface area (Å²) in [4.78, 5) is 22.5. The van der Waals surface area contributed by atoms with E-state index >= 15 is 0 Å². The van der Waals surface area contributed by atoms with E-state index in [-0.39, 0.29) is 63.7 Å². The first-order chi connectivity index (χ1) is 9.43. The van der Waals surface area contributed by atoms with E-state index in [4.69, 9.17) is 4.74 Å². The molecule has 1 rings (SSSR count). The van der Waals surface area contributed by atoms with Crippen LogP contribution in [0.15, 0.2) is 36.0 Å². The minimum absolute atomic E-state index is 0. The summed E-state index contributed by atoms with van der Waals surface area (Å²) >= 11 is 0. The van der Waals surface area contributed by atoms with Crippen LogP contribution in [-0.4, -0.2) is 23.7 Å². The second-order valence-electron chi connectivity index (χ2n) is 4.06. The number of esters is 1. The molecule has 1 aromatic carbocycles. The molecular formula is C14H16KNO5. The Morgan fingerprint density at radius 3 is 2.43 bits per heavy atom. The molecule has 0 bridgehead atoms. The molecule has 6 nitrogen and oxygen atoms in total. The van der Waals surface area contributed by atoms with E-state index in [0.29, 0.717) is 11.3 Å². The van der Waals surface area contributed by atoms with Crippen LogP contribution in [0.3, 0.4) is 0 Å². The number of hydrogen-bond acceptors (Lipinski definition) is 5. The smallest absolute Gasteiger partial charge is 0.872 e. The van der Waals surface area contributed by atoms with Gasteiger partial charge in [0.2, 0.25) is 0 Å². The van der Waals surface area contributed by atoms with E-state index in [2.05, 4.69) is 5.32 Å². The molecule has 0 saturated carbocycles. The van der Waals surface area contributed by atoms with E-state index in [1.807, 2.05) is 0 Å². The van der Waals surface area contributed by atoms with Crippen molar-refractivity contribution in [3.05, 3.63) is 41.6 Å². The van der Waals surface area contributed by atoms with Gasteiger partial charge in [0, 0.05) is 11.8 Å². The molecule has 7 heteroatoms. The summed E-state index contributed by atoms with van der Waals surface area (Å²) in [6.45, 7) is 3.49. The fourth-order valence-electron chi connectivity index (χ4n) is 1.58. The van der Waals surface area contributed by atoms with Gasteiger partial charge in [-0.2, -0.15) is 0 Å². The van der Waals surface area contributed by atoms with Gasteiger partial charge < -0.3 is 20.3 Å². The number of carboxylic acids is 1. The van der Waals surface area contributed by atoms with Gasteiger partial charge in [-0.15, -0.1) is 5.75 Å². The van der Waals surface area contributed by atoms with Crippen molar-refractivity contribution < 1.29 is 75.9 Å². The fraction of sp³-hybridized carbons (Fsp3) is 0.286. The van der Waals surface area contributed by atoms with Gasteiger partial charge in [-0.3, -0.25) is 0 Å². The monoisotopic (exact) mass is 317 g/mol. The number of ether oxygens (including phenoxy) is 1. The van der Waals surface area contributed by atoms with Crippen molar-refractivity contribution in [1.29, 1.82) is 0 Å². The number of allylic oxidation sites excluding steroid dienone is 1. The van der Waals surface area contributed by atoms with E-state index in [0.717, 1.165) is 0 Å². The molecule has 0 aliphatic carbocycles. The molecule has 2 N–H and O–H groups in total. The Morgan fingerprint density at radius 1 is 1.38 bits per heavy atom. The molecule has 0 aromatic heterocycles. The molecule has 0 unspecified atom stereocenters. The average Bonchev–Trinajstić information content (AvgIpc) is 2.37. The fourth-order valence-corrected chi connectivity index (χ4v) is 1.58. The zero-order chi connectivity index (χ0) is 15.1. The van der Waals surface area contributed by atoms with E-state index in [1.165, 1.54) is 30.3 Å². The predicted molar refractivity (Wildman–Crippen MR) is 69.8 cm³/mol. The van der Waals surface area contributed by atoms with Gasteiger partial charge in [0.15, 0.2) is 0 Å². The van der Waals surface area contributed by atoms with Crippen molar-refractivity contribution in [2.24, 2.45) is 0 Å². The van der Waals surface area contributed by atoms with Gasteiger partial charge in [0.05, 0.1) is 6.61 Å². The van der Waals surface area contributed by atoms with Crippen LogP contribution >= 0.6 is 0 Å². The van der Waals surface area contributed by atoms with Gasteiger partial charge in [0.1, 0.15) is 6.04 Å². The summed E-state index contributed by atoms with van der Waals surface area (Å²) in [7, 11) is 0. The molecule has 0 radical (unpaired) electrons. The molecular weight excluding hydrogens is 301 g/mol. The molecule has 1 aromatic rings. The number of rotatable bonds is 6. The quantitative estimate of drug-likeness (QED) is 0.356. The number of carbonyl (C=O) groups excluding carboxylic acids is 1. The van der Waals surface area contributed by atoms with Gasteiger partial charge in [-0.05, 0) is 19.4 Å². The van der Waals surface area contributed by atoms with Gasteiger partial charge in [-0.1, -0.05) is 24.3 Å². The topological polar surface area (TPSA) is 98.7 Å². The largest absolute Gasteiger partial charge is 1.00 e. The van der Waals surface area contributed by atoms with Gasteiger partial charge in [-0.25, -0.2) is 9.59 Å². The van der Waals surface area contributed by atoms with Crippen LogP contribution in [0.2, 0.25) is 0 Å². The summed E-state index contributed by atoms with van der Waals surface area (Å²) in [6.07, 6.45) is 1.18. The minimum Gasteiger partial charge on any atom is -0.872 e. The summed E-state index contributed by atoms with van der Waals surface area (Å²) in [5.41, 5.74) is 0.788. The molecule has 0 fully saturated rings. The van der Waals surface area contributed by atoms with Crippen molar-refractivity contribution in [2.45, 2.75) is 19.9 Å². The average molecular weight is 317 g/mol. The first-order valence-corrected chi connectivity index (χ1v) is 6.05. The van der Waals surface area contributed by atoms with Crippen molar-refractivity contribution >= 4 is 11.9 Å². The Labute approximate surface area is 165 Å². The Morgan fingerprint density at radius 2 is 1.95 bits per heavy atom. The minimum atomic E-state index is -1.11. The standard InChI is InChI=1S/C14H17NO5.K/c1-3-20-12(17)8-9(2)15-13(14(18)19)10-4-6-11(16)7-5-10;/h4-8,13,15-16H,3H2,1-2H3,(H,18,19);/q;+1/p-1/b9-8-;/t13-;/m1./s1. The third-order valence-corrected chi connectivity index (χ3v) is 2.45.